The topological polar surface area (TPSA) is 90.7 Å². The third kappa shape index (κ3) is 5.88. The van der Waals surface area contributed by atoms with Crippen LogP contribution in [-0.4, -0.2) is 55.8 Å². The maximum Gasteiger partial charge on any atom is 0.330 e. The van der Waals surface area contributed by atoms with Crippen LogP contribution in [0.4, 0.5) is 0 Å². The number of carbonyl (C=O) groups is 1. The molecule has 0 aliphatic carbocycles. The number of hydrogen-bond donors (Lipinski definition) is 0. The number of esters is 1. The van der Waals surface area contributed by atoms with E-state index >= 15 is 0 Å². The first kappa shape index (κ1) is 24.2. The van der Waals surface area contributed by atoms with Crippen LogP contribution in [0, 0.1) is 13.8 Å². The van der Waals surface area contributed by atoms with Gasteiger partial charge in [0.2, 0.25) is 10.0 Å². The van der Waals surface area contributed by atoms with Crippen molar-refractivity contribution in [3.63, 3.8) is 0 Å². The maximum atomic E-state index is 12.1. The summed E-state index contributed by atoms with van der Waals surface area (Å²) in [6.07, 6.45) is 3.07. The normalized spacial score (nSPS) is 11.8. The Morgan fingerprint density at radius 2 is 1.70 bits per heavy atom. The highest BCUT2D eigenvalue weighted by Crippen LogP contribution is 2.20. The summed E-state index contributed by atoms with van der Waals surface area (Å²) >= 11 is 0. The van der Waals surface area contributed by atoms with Crippen LogP contribution < -0.4 is 4.74 Å². The Kier molecular flexibility index (Phi) is 7.67. The van der Waals surface area contributed by atoms with Gasteiger partial charge in [-0.1, -0.05) is 18.2 Å². The molecule has 0 bridgehead atoms. The zero-order valence-corrected chi connectivity index (χ0v) is 19.9. The highest BCUT2D eigenvalue weighted by atomic mass is 32.2. The molecule has 2 aromatic carbocycles. The van der Waals surface area contributed by atoms with Crippen molar-refractivity contribution < 1.29 is 22.7 Å². The summed E-state index contributed by atoms with van der Waals surface area (Å²) in [4.78, 5) is 12.3. The van der Waals surface area contributed by atoms with Gasteiger partial charge in [-0.3, -0.25) is 0 Å². The number of benzene rings is 2. The number of sulfonamides is 1. The predicted molar refractivity (Wildman–Crippen MR) is 126 cm³/mol. The minimum Gasteiger partial charge on any atom is -0.490 e. The van der Waals surface area contributed by atoms with Gasteiger partial charge in [0.25, 0.3) is 0 Å². The summed E-state index contributed by atoms with van der Waals surface area (Å²) in [6, 6.07) is 15.8. The van der Waals surface area contributed by atoms with E-state index in [0.717, 1.165) is 26.9 Å². The number of rotatable bonds is 9. The van der Waals surface area contributed by atoms with Crippen LogP contribution in [-0.2, 0) is 19.6 Å². The second-order valence-electron chi connectivity index (χ2n) is 7.44. The van der Waals surface area contributed by atoms with Gasteiger partial charge in [0.05, 0.1) is 16.3 Å². The molecule has 174 valence electrons. The predicted octanol–water partition coefficient (Wildman–Crippen LogP) is 3.37. The van der Waals surface area contributed by atoms with Gasteiger partial charge in [0.15, 0.2) is 0 Å². The Balaban J connectivity index is 1.51. The van der Waals surface area contributed by atoms with Gasteiger partial charge in [0.1, 0.15) is 19.0 Å². The van der Waals surface area contributed by atoms with Crippen molar-refractivity contribution in [3.8, 4) is 11.4 Å². The molecule has 33 heavy (non-hydrogen) atoms. The summed E-state index contributed by atoms with van der Waals surface area (Å²) in [5.74, 6) is -0.00356. The van der Waals surface area contributed by atoms with Gasteiger partial charge in [-0.15, -0.1) is 0 Å². The quantitative estimate of drug-likeness (QED) is 0.271. The highest BCUT2D eigenvalue weighted by molar-refractivity contribution is 7.89. The highest BCUT2D eigenvalue weighted by Gasteiger charge is 2.16. The average Bonchev–Trinajstić information content (AvgIpc) is 3.09. The molecule has 0 aliphatic heterocycles. The lowest BCUT2D eigenvalue weighted by molar-refractivity contribution is -0.138. The van der Waals surface area contributed by atoms with Crippen molar-refractivity contribution in [1.29, 1.82) is 0 Å². The van der Waals surface area contributed by atoms with Gasteiger partial charge in [0, 0.05) is 31.4 Å². The summed E-state index contributed by atoms with van der Waals surface area (Å²) < 4.78 is 37.8. The molecular weight excluding hydrogens is 442 g/mol. The first-order chi connectivity index (χ1) is 15.7. The summed E-state index contributed by atoms with van der Waals surface area (Å²) in [5.41, 5.74) is 3.54. The molecule has 0 radical (unpaired) electrons. The van der Waals surface area contributed by atoms with Crippen LogP contribution >= 0.6 is 0 Å². The molecule has 0 atom stereocenters. The number of nitrogens with zero attached hydrogens (tertiary/aromatic N) is 3. The Labute approximate surface area is 194 Å². The lowest BCUT2D eigenvalue weighted by Gasteiger charge is -2.12. The second kappa shape index (κ2) is 10.5. The fraction of sp³-hybridized carbons (Fsp3) is 0.250. The van der Waals surface area contributed by atoms with Crippen molar-refractivity contribution in [1.82, 2.24) is 14.1 Å². The Hall–Kier alpha value is -3.43. The molecule has 3 aromatic rings. The molecule has 0 spiro atoms. The molecule has 0 amide bonds. The summed E-state index contributed by atoms with van der Waals surface area (Å²) in [6.45, 7) is 4.03. The summed E-state index contributed by atoms with van der Waals surface area (Å²) in [5, 5.41) is 4.55. The monoisotopic (exact) mass is 469 g/mol. The molecule has 1 aromatic heterocycles. The third-order valence-corrected chi connectivity index (χ3v) is 6.76. The largest absolute Gasteiger partial charge is 0.490 e. The van der Waals surface area contributed by atoms with E-state index in [1.54, 1.807) is 18.2 Å². The van der Waals surface area contributed by atoms with E-state index in [1.165, 1.54) is 32.3 Å². The maximum absolute atomic E-state index is 12.1. The molecule has 0 saturated carbocycles. The first-order valence-electron chi connectivity index (χ1n) is 10.3. The van der Waals surface area contributed by atoms with Crippen molar-refractivity contribution >= 4 is 22.1 Å². The molecule has 0 aliphatic rings. The molecule has 0 fully saturated rings. The molecule has 0 saturated heterocycles. The molecule has 3 rings (SSSR count). The van der Waals surface area contributed by atoms with E-state index in [9.17, 15) is 13.2 Å². The molecular formula is C24H27N3O5S. The fourth-order valence-electron chi connectivity index (χ4n) is 3.14. The first-order valence-corrected chi connectivity index (χ1v) is 11.8. The minimum atomic E-state index is -3.49. The third-order valence-electron chi connectivity index (χ3n) is 4.93. The smallest absolute Gasteiger partial charge is 0.330 e. The van der Waals surface area contributed by atoms with E-state index in [0.29, 0.717) is 5.75 Å². The van der Waals surface area contributed by atoms with Crippen LogP contribution in [0.2, 0.25) is 0 Å². The lowest BCUT2D eigenvalue weighted by atomic mass is 10.2. The molecule has 0 unspecified atom stereocenters. The van der Waals surface area contributed by atoms with Gasteiger partial charge in [-0.05, 0) is 56.3 Å². The number of carbonyl (C=O) groups excluding carboxylic acids is 1. The van der Waals surface area contributed by atoms with E-state index < -0.39 is 16.0 Å². The number of aromatic nitrogens is 2. The number of para-hydroxylation sites is 1. The molecule has 0 N–H and O–H groups in total. The lowest BCUT2D eigenvalue weighted by Crippen LogP contribution is -2.22. The number of aryl methyl sites for hydroxylation is 1. The Morgan fingerprint density at radius 3 is 2.33 bits per heavy atom. The van der Waals surface area contributed by atoms with Crippen LogP contribution in [0.15, 0.2) is 65.6 Å². The van der Waals surface area contributed by atoms with Crippen molar-refractivity contribution in [3.05, 3.63) is 77.6 Å². The van der Waals surface area contributed by atoms with Gasteiger partial charge < -0.3 is 9.47 Å². The number of hydrogen-bond acceptors (Lipinski definition) is 6. The molecule has 8 nitrogen and oxygen atoms in total. The van der Waals surface area contributed by atoms with Crippen LogP contribution in [0.1, 0.15) is 17.0 Å². The van der Waals surface area contributed by atoms with Crippen LogP contribution in [0.5, 0.6) is 5.75 Å². The molecule has 9 heteroatoms. The average molecular weight is 470 g/mol. The fourth-order valence-corrected chi connectivity index (χ4v) is 4.04. The zero-order valence-electron chi connectivity index (χ0n) is 19.1. The Morgan fingerprint density at radius 1 is 1.03 bits per heavy atom. The van der Waals surface area contributed by atoms with Crippen LogP contribution in [0.3, 0.4) is 0 Å². The van der Waals surface area contributed by atoms with E-state index in [2.05, 4.69) is 5.10 Å². The van der Waals surface area contributed by atoms with E-state index in [-0.39, 0.29) is 18.1 Å². The van der Waals surface area contributed by atoms with E-state index in [4.69, 9.17) is 9.47 Å². The standard InChI is InChI=1S/C24H27N3O5S/c1-18-23(19(2)27(25-18)20-8-6-5-7-9-20)14-15-24(28)32-17-16-31-21-10-12-22(13-11-21)33(29,30)26(3)4/h5-15H,16-17H2,1-4H3/b15-14+. The van der Waals surface area contributed by atoms with Crippen molar-refractivity contribution in [2.45, 2.75) is 18.7 Å². The SMILES string of the molecule is Cc1nn(-c2ccccc2)c(C)c1/C=C/C(=O)OCCOc1ccc(S(=O)(=O)N(C)C)cc1. The Bertz CT molecular complexity index is 1230. The summed E-state index contributed by atoms with van der Waals surface area (Å²) in [7, 11) is -0.540. The van der Waals surface area contributed by atoms with E-state index in [1.807, 2.05) is 48.9 Å². The van der Waals surface area contributed by atoms with Crippen molar-refractivity contribution in [2.24, 2.45) is 0 Å². The van der Waals surface area contributed by atoms with Crippen molar-refractivity contribution in [2.75, 3.05) is 27.3 Å². The molecule has 1 heterocycles. The van der Waals surface area contributed by atoms with Gasteiger partial charge in [-0.2, -0.15) is 5.10 Å². The second-order valence-corrected chi connectivity index (χ2v) is 9.59. The van der Waals surface area contributed by atoms with Gasteiger partial charge in [-0.25, -0.2) is 22.2 Å². The zero-order chi connectivity index (χ0) is 24.0. The number of ether oxygens (including phenoxy) is 2. The minimum absolute atomic E-state index is 0.0577. The van der Waals surface area contributed by atoms with Gasteiger partial charge >= 0.3 is 5.97 Å². The van der Waals surface area contributed by atoms with Crippen LogP contribution in [0.25, 0.3) is 11.8 Å².